The maximum atomic E-state index is 11.4. The molecule has 0 amide bonds. The predicted molar refractivity (Wildman–Crippen MR) is 60.6 cm³/mol. The number of nitrogens with one attached hydrogen (secondary N) is 1. The van der Waals surface area contributed by atoms with Gasteiger partial charge in [0.05, 0.1) is 31.7 Å². The van der Waals surface area contributed by atoms with Gasteiger partial charge in [0, 0.05) is 20.1 Å². The summed E-state index contributed by atoms with van der Waals surface area (Å²) in [6, 6.07) is 0. The van der Waals surface area contributed by atoms with Gasteiger partial charge in [-0.3, -0.25) is 5.10 Å². The van der Waals surface area contributed by atoms with E-state index in [4.69, 9.17) is 19.9 Å². The van der Waals surface area contributed by atoms with Crippen LogP contribution in [0.25, 0.3) is 0 Å². The monoisotopic (exact) mass is 243 g/mol. The van der Waals surface area contributed by atoms with Crippen molar-refractivity contribution in [3.8, 4) is 0 Å². The highest BCUT2D eigenvalue weighted by atomic mass is 16.5. The van der Waals surface area contributed by atoms with Crippen LogP contribution in [0.2, 0.25) is 0 Å². The third-order valence-electron chi connectivity index (χ3n) is 1.97. The van der Waals surface area contributed by atoms with Crippen molar-refractivity contribution in [2.24, 2.45) is 0 Å². The predicted octanol–water partition coefficient (Wildman–Crippen LogP) is 0.202. The number of nitrogens with zero attached hydrogens (tertiary/aromatic N) is 1. The molecule has 0 aliphatic rings. The Kier molecular flexibility index (Phi) is 6.05. The Bertz CT molecular complexity index is 340. The number of nitrogen functional groups attached to an aromatic ring is 1. The highest BCUT2D eigenvalue weighted by Crippen LogP contribution is 2.07. The fraction of sp³-hybridized carbons (Fsp3) is 0.600. The van der Waals surface area contributed by atoms with E-state index >= 15 is 0 Å². The summed E-state index contributed by atoms with van der Waals surface area (Å²) < 4.78 is 15.0. The molecule has 17 heavy (non-hydrogen) atoms. The van der Waals surface area contributed by atoms with E-state index in [1.165, 1.54) is 6.20 Å². The molecule has 0 saturated carbocycles. The minimum atomic E-state index is -0.503. The standard InChI is InChI=1S/C10H17N3O4/c1-15-5-6-16-3-2-4-17-10(14)9-8(11)7-12-13-9/h7H,2-6,11H2,1H3,(H,12,13). The summed E-state index contributed by atoms with van der Waals surface area (Å²) in [5.74, 6) is -0.503. The van der Waals surface area contributed by atoms with E-state index in [9.17, 15) is 4.79 Å². The summed E-state index contributed by atoms with van der Waals surface area (Å²) in [5, 5.41) is 6.11. The topological polar surface area (TPSA) is 99.5 Å². The van der Waals surface area contributed by atoms with Crippen LogP contribution in [0.3, 0.4) is 0 Å². The van der Waals surface area contributed by atoms with Gasteiger partial charge in [-0.2, -0.15) is 5.10 Å². The quantitative estimate of drug-likeness (QED) is 0.500. The molecular formula is C10H17N3O4. The van der Waals surface area contributed by atoms with Crippen molar-refractivity contribution in [1.29, 1.82) is 0 Å². The van der Waals surface area contributed by atoms with Crippen molar-refractivity contribution in [1.82, 2.24) is 10.2 Å². The molecule has 3 N–H and O–H groups in total. The molecule has 1 aromatic rings. The second kappa shape index (κ2) is 7.64. The Labute approximate surface area is 99.2 Å². The van der Waals surface area contributed by atoms with E-state index in [2.05, 4.69) is 10.2 Å². The highest BCUT2D eigenvalue weighted by Gasteiger charge is 2.12. The van der Waals surface area contributed by atoms with E-state index in [1.807, 2.05) is 0 Å². The maximum Gasteiger partial charge on any atom is 0.358 e. The van der Waals surface area contributed by atoms with E-state index in [0.29, 0.717) is 26.2 Å². The van der Waals surface area contributed by atoms with E-state index in [-0.39, 0.29) is 18.0 Å². The first-order valence-electron chi connectivity index (χ1n) is 5.28. The lowest BCUT2D eigenvalue weighted by molar-refractivity contribution is 0.0381. The molecule has 0 saturated heterocycles. The first-order valence-corrected chi connectivity index (χ1v) is 5.28. The van der Waals surface area contributed by atoms with Gasteiger partial charge in [-0.25, -0.2) is 4.79 Å². The minimum Gasteiger partial charge on any atom is -0.461 e. The Morgan fingerprint density at radius 3 is 2.88 bits per heavy atom. The number of anilines is 1. The number of hydrogen-bond acceptors (Lipinski definition) is 6. The summed E-state index contributed by atoms with van der Waals surface area (Å²) in [7, 11) is 1.61. The summed E-state index contributed by atoms with van der Waals surface area (Å²) in [6.45, 7) is 1.90. The lowest BCUT2D eigenvalue weighted by atomic mass is 10.4. The van der Waals surface area contributed by atoms with Gasteiger partial charge in [0.25, 0.3) is 0 Å². The number of carbonyl (C=O) groups excluding carboxylic acids is 1. The van der Waals surface area contributed by atoms with Gasteiger partial charge < -0.3 is 19.9 Å². The SMILES string of the molecule is COCCOCCCOC(=O)c1[nH]ncc1N. The molecule has 7 nitrogen and oxygen atoms in total. The van der Waals surface area contributed by atoms with Gasteiger partial charge in [0.15, 0.2) is 5.69 Å². The zero-order valence-corrected chi connectivity index (χ0v) is 9.77. The number of carbonyl (C=O) groups is 1. The number of rotatable bonds is 8. The van der Waals surface area contributed by atoms with Crippen molar-refractivity contribution in [3.63, 3.8) is 0 Å². The number of H-pyrrole nitrogens is 1. The van der Waals surface area contributed by atoms with Crippen LogP contribution in [-0.4, -0.2) is 49.7 Å². The van der Waals surface area contributed by atoms with Crippen LogP contribution in [0.15, 0.2) is 6.20 Å². The average molecular weight is 243 g/mol. The number of hydrogen-bond donors (Lipinski definition) is 2. The Morgan fingerprint density at radius 1 is 1.41 bits per heavy atom. The van der Waals surface area contributed by atoms with Gasteiger partial charge in [-0.15, -0.1) is 0 Å². The first kappa shape index (κ1) is 13.5. The third kappa shape index (κ3) is 4.83. The molecule has 0 aliphatic heterocycles. The third-order valence-corrected chi connectivity index (χ3v) is 1.97. The van der Waals surface area contributed by atoms with Gasteiger partial charge in [-0.05, 0) is 0 Å². The summed E-state index contributed by atoms with van der Waals surface area (Å²) in [6.07, 6.45) is 1.99. The molecule has 1 rings (SSSR count). The molecule has 0 fully saturated rings. The fourth-order valence-corrected chi connectivity index (χ4v) is 1.10. The van der Waals surface area contributed by atoms with Gasteiger partial charge in [0.2, 0.25) is 0 Å². The van der Waals surface area contributed by atoms with E-state index in [1.54, 1.807) is 7.11 Å². The van der Waals surface area contributed by atoms with Gasteiger partial charge in [-0.1, -0.05) is 0 Å². The number of aromatic nitrogens is 2. The molecule has 0 radical (unpaired) electrons. The Balaban J connectivity index is 2.07. The normalized spacial score (nSPS) is 10.4. The second-order valence-corrected chi connectivity index (χ2v) is 3.29. The number of aromatic amines is 1. The first-order chi connectivity index (χ1) is 8.25. The highest BCUT2D eigenvalue weighted by molar-refractivity contribution is 5.92. The molecule has 1 aromatic heterocycles. The zero-order valence-electron chi connectivity index (χ0n) is 9.77. The smallest absolute Gasteiger partial charge is 0.358 e. The largest absolute Gasteiger partial charge is 0.461 e. The zero-order chi connectivity index (χ0) is 12.5. The minimum absolute atomic E-state index is 0.185. The number of nitrogens with two attached hydrogens (primary N) is 1. The summed E-state index contributed by atoms with van der Waals surface area (Å²) >= 11 is 0. The molecule has 0 unspecified atom stereocenters. The van der Waals surface area contributed by atoms with Crippen LogP contribution in [0.5, 0.6) is 0 Å². The average Bonchev–Trinajstić information content (AvgIpc) is 2.74. The van der Waals surface area contributed by atoms with Crippen molar-refractivity contribution in [3.05, 3.63) is 11.9 Å². The van der Waals surface area contributed by atoms with Crippen molar-refractivity contribution >= 4 is 11.7 Å². The van der Waals surface area contributed by atoms with Gasteiger partial charge >= 0.3 is 5.97 Å². The number of esters is 1. The lowest BCUT2D eigenvalue weighted by Gasteiger charge is -2.05. The van der Waals surface area contributed by atoms with Crippen LogP contribution in [0, 0.1) is 0 Å². The second-order valence-electron chi connectivity index (χ2n) is 3.29. The van der Waals surface area contributed by atoms with Crippen LogP contribution < -0.4 is 5.73 Å². The molecule has 1 heterocycles. The molecule has 7 heteroatoms. The Hall–Kier alpha value is -1.60. The summed E-state index contributed by atoms with van der Waals surface area (Å²) in [4.78, 5) is 11.4. The Morgan fingerprint density at radius 2 is 2.24 bits per heavy atom. The molecular weight excluding hydrogens is 226 g/mol. The summed E-state index contributed by atoms with van der Waals surface area (Å²) in [5.41, 5.74) is 5.96. The van der Waals surface area contributed by atoms with Crippen LogP contribution in [0.1, 0.15) is 16.9 Å². The number of ether oxygens (including phenoxy) is 3. The van der Waals surface area contributed by atoms with Crippen molar-refractivity contribution in [2.75, 3.05) is 39.3 Å². The molecule has 0 spiro atoms. The molecule has 96 valence electrons. The van der Waals surface area contributed by atoms with Gasteiger partial charge in [0.1, 0.15) is 0 Å². The van der Waals surface area contributed by atoms with Crippen LogP contribution in [-0.2, 0) is 14.2 Å². The van der Waals surface area contributed by atoms with Crippen LogP contribution >= 0.6 is 0 Å². The van der Waals surface area contributed by atoms with Crippen LogP contribution in [0.4, 0.5) is 5.69 Å². The van der Waals surface area contributed by atoms with Crippen molar-refractivity contribution < 1.29 is 19.0 Å². The molecule has 0 bridgehead atoms. The molecule has 0 aromatic carbocycles. The molecule has 0 atom stereocenters. The fourth-order valence-electron chi connectivity index (χ4n) is 1.10. The number of methoxy groups -OCH3 is 1. The maximum absolute atomic E-state index is 11.4. The molecule has 0 aliphatic carbocycles. The van der Waals surface area contributed by atoms with E-state index in [0.717, 1.165) is 0 Å². The van der Waals surface area contributed by atoms with E-state index < -0.39 is 5.97 Å². The van der Waals surface area contributed by atoms with Crippen molar-refractivity contribution in [2.45, 2.75) is 6.42 Å². The lowest BCUT2D eigenvalue weighted by Crippen LogP contribution is -2.11.